The number of benzene rings is 3. The van der Waals surface area contributed by atoms with Crippen LogP contribution in [0.15, 0.2) is 94.5 Å². The molecule has 0 aliphatic rings. The molecule has 3 aromatic carbocycles. The van der Waals surface area contributed by atoms with E-state index >= 15 is 0 Å². The molecular formula is C27H19ClN4O4S. The zero-order valence-corrected chi connectivity index (χ0v) is 21.1. The summed E-state index contributed by atoms with van der Waals surface area (Å²) in [7, 11) is 0. The highest BCUT2D eigenvalue weighted by molar-refractivity contribution is 7.99. The number of aromatic nitrogens is 3. The number of ketones is 1. The Bertz CT molecular complexity index is 1610. The minimum Gasteiger partial charge on any atom is -0.453 e. The number of Topliss-reactive ketones (excluding diaryl/α,β-unsaturated/α-hetero) is 1. The molecule has 184 valence electrons. The third-order valence-electron chi connectivity index (χ3n) is 5.66. The van der Waals surface area contributed by atoms with Crippen LogP contribution in [0.1, 0.15) is 16.1 Å². The van der Waals surface area contributed by atoms with Crippen molar-refractivity contribution in [1.82, 2.24) is 14.8 Å². The highest BCUT2D eigenvalue weighted by Gasteiger charge is 2.21. The minimum atomic E-state index is -0.525. The number of furan rings is 1. The van der Waals surface area contributed by atoms with Gasteiger partial charge in [-0.15, -0.1) is 10.2 Å². The fraction of sp³-hybridized carbons (Fsp3) is 0.0741. The van der Waals surface area contributed by atoms with Crippen molar-refractivity contribution in [2.45, 2.75) is 12.1 Å². The molecule has 0 radical (unpaired) electrons. The Morgan fingerprint density at radius 1 is 1.03 bits per heavy atom. The Hall–Kier alpha value is -4.21. The standard InChI is InChI=1S/C27H19ClN4O4S/c1-17-7-5-6-10-22(17)31-26(18-8-3-2-4-9-18)29-30-27(31)37-16-23(33)25-14-13-24(36-25)20-12-11-19(32(34)35)15-21(20)28/h2-15H,16H2,1H3. The normalized spacial score (nSPS) is 11.0. The molecule has 8 nitrogen and oxygen atoms in total. The van der Waals surface area contributed by atoms with Crippen molar-refractivity contribution in [2.24, 2.45) is 0 Å². The van der Waals surface area contributed by atoms with Crippen molar-refractivity contribution in [1.29, 1.82) is 0 Å². The first-order valence-electron chi connectivity index (χ1n) is 11.2. The number of carbonyl (C=O) groups excluding carboxylic acids is 1. The maximum Gasteiger partial charge on any atom is 0.270 e. The van der Waals surface area contributed by atoms with E-state index in [9.17, 15) is 14.9 Å². The van der Waals surface area contributed by atoms with Gasteiger partial charge >= 0.3 is 0 Å². The molecule has 10 heteroatoms. The van der Waals surface area contributed by atoms with E-state index in [1.54, 1.807) is 12.1 Å². The first-order valence-corrected chi connectivity index (χ1v) is 12.6. The molecule has 0 saturated carbocycles. The van der Waals surface area contributed by atoms with E-state index in [4.69, 9.17) is 16.0 Å². The molecule has 0 bridgehead atoms. The van der Waals surface area contributed by atoms with Gasteiger partial charge in [-0.2, -0.15) is 0 Å². The van der Waals surface area contributed by atoms with E-state index < -0.39 is 4.92 Å². The van der Waals surface area contributed by atoms with Gasteiger partial charge in [-0.1, -0.05) is 71.9 Å². The van der Waals surface area contributed by atoms with Crippen LogP contribution in [0.2, 0.25) is 5.02 Å². The van der Waals surface area contributed by atoms with Gasteiger partial charge in [0.05, 0.1) is 21.4 Å². The summed E-state index contributed by atoms with van der Waals surface area (Å²) in [6.45, 7) is 2.01. The van der Waals surface area contributed by atoms with E-state index in [1.807, 2.05) is 66.1 Å². The van der Waals surface area contributed by atoms with Gasteiger partial charge in [0.15, 0.2) is 16.7 Å². The first-order chi connectivity index (χ1) is 17.9. The van der Waals surface area contributed by atoms with Gasteiger partial charge in [0, 0.05) is 23.3 Å². The Labute approximate surface area is 221 Å². The number of non-ortho nitro benzene ring substituents is 1. The fourth-order valence-corrected chi connectivity index (χ4v) is 4.90. The zero-order chi connectivity index (χ0) is 25.9. The summed E-state index contributed by atoms with van der Waals surface area (Å²) < 4.78 is 7.70. The third kappa shape index (κ3) is 5.04. The average molecular weight is 531 g/mol. The molecule has 0 amide bonds. The predicted octanol–water partition coefficient (Wildman–Crippen LogP) is 7.04. The maximum atomic E-state index is 13.0. The van der Waals surface area contributed by atoms with Crippen molar-refractivity contribution < 1.29 is 14.1 Å². The Kier molecular flexibility index (Phi) is 6.89. The second-order valence-electron chi connectivity index (χ2n) is 8.09. The van der Waals surface area contributed by atoms with E-state index in [-0.39, 0.29) is 28.0 Å². The van der Waals surface area contributed by atoms with Gasteiger partial charge in [-0.05, 0) is 36.8 Å². The van der Waals surface area contributed by atoms with Crippen LogP contribution in [-0.2, 0) is 0 Å². The van der Waals surface area contributed by atoms with Crippen LogP contribution in [0.5, 0.6) is 0 Å². The highest BCUT2D eigenvalue weighted by Crippen LogP contribution is 2.33. The van der Waals surface area contributed by atoms with Gasteiger partial charge in [0.25, 0.3) is 5.69 Å². The molecule has 37 heavy (non-hydrogen) atoms. The van der Waals surface area contributed by atoms with E-state index in [2.05, 4.69) is 10.2 Å². The van der Waals surface area contributed by atoms with E-state index in [1.165, 1.54) is 30.0 Å². The smallest absolute Gasteiger partial charge is 0.270 e. The number of halogens is 1. The first kappa shape index (κ1) is 24.5. The van der Waals surface area contributed by atoms with Crippen LogP contribution in [0, 0.1) is 17.0 Å². The zero-order valence-electron chi connectivity index (χ0n) is 19.5. The van der Waals surface area contributed by atoms with Crippen molar-refractivity contribution >= 4 is 34.8 Å². The van der Waals surface area contributed by atoms with Crippen LogP contribution in [0.3, 0.4) is 0 Å². The second kappa shape index (κ2) is 10.4. The predicted molar refractivity (Wildman–Crippen MR) is 142 cm³/mol. The van der Waals surface area contributed by atoms with Gasteiger partial charge < -0.3 is 4.42 Å². The van der Waals surface area contributed by atoms with E-state index in [0.29, 0.717) is 22.3 Å². The Balaban J connectivity index is 1.40. The summed E-state index contributed by atoms with van der Waals surface area (Å²) in [5.74, 6) is 1.01. The lowest BCUT2D eigenvalue weighted by molar-refractivity contribution is -0.384. The molecule has 0 saturated heterocycles. The number of nitro groups is 1. The Morgan fingerprint density at radius 3 is 2.51 bits per heavy atom. The maximum absolute atomic E-state index is 13.0. The fourth-order valence-electron chi connectivity index (χ4n) is 3.82. The number of nitrogens with zero attached hydrogens (tertiary/aromatic N) is 4. The summed E-state index contributed by atoms with van der Waals surface area (Å²) in [4.78, 5) is 23.4. The monoisotopic (exact) mass is 530 g/mol. The van der Waals surface area contributed by atoms with Crippen molar-refractivity contribution in [3.05, 3.63) is 111 Å². The number of hydrogen-bond acceptors (Lipinski definition) is 7. The van der Waals surface area contributed by atoms with Crippen LogP contribution >= 0.6 is 23.4 Å². The SMILES string of the molecule is Cc1ccccc1-n1c(SCC(=O)c2ccc(-c3ccc([N+](=O)[O-])cc3Cl)o2)nnc1-c1ccccc1. The number of rotatable bonds is 8. The van der Waals surface area contributed by atoms with Gasteiger partial charge in [0.2, 0.25) is 5.78 Å². The summed E-state index contributed by atoms with van der Waals surface area (Å²) in [5.41, 5.74) is 3.22. The summed E-state index contributed by atoms with van der Waals surface area (Å²) in [5, 5.41) is 20.5. The quantitative estimate of drug-likeness (QED) is 0.0916. The molecule has 0 aliphatic heterocycles. The summed E-state index contributed by atoms with van der Waals surface area (Å²) in [6.07, 6.45) is 0. The topological polar surface area (TPSA) is 104 Å². The third-order valence-corrected chi connectivity index (χ3v) is 6.91. The second-order valence-corrected chi connectivity index (χ2v) is 9.44. The highest BCUT2D eigenvalue weighted by atomic mass is 35.5. The molecule has 0 fully saturated rings. The largest absolute Gasteiger partial charge is 0.453 e. The molecule has 2 aromatic heterocycles. The molecule has 5 rings (SSSR count). The summed E-state index contributed by atoms with van der Waals surface area (Å²) >= 11 is 7.47. The lowest BCUT2D eigenvalue weighted by atomic mass is 10.1. The van der Waals surface area contributed by atoms with Gasteiger partial charge in [0.1, 0.15) is 5.76 Å². The van der Waals surface area contributed by atoms with E-state index in [0.717, 1.165) is 16.8 Å². The lowest BCUT2D eigenvalue weighted by Crippen LogP contribution is -2.05. The number of hydrogen-bond donors (Lipinski definition) is 0. The van der Waals surface area contributed by atoms with Gasteiger partial charge in [-0.25, -0.2) is 0 Å². The van der Waals surface area contributed by atoms with Crippen LogP contribution < -0.4 is 0 Å². The molecular weight excluding hydrogens is 512 g/mol. The number of nitro benzene ring substituents is 1. The van der Waals surface area contributed by atoms with Crippen LogP contribution in [-0.4, -0.2) is 31.2 Å². The minimum absolute atomic E-state index is 0.0692. The van der Waals surface area contributed by atoms with Crippen molar-refractivity contribution in [3.63, 3.8) is 0 Å². The molecule has 0 atom stereocenters. The van der Waals surface area contributed by atoms with Crippen LogP contribution in [0.4, 0.5) is 5.69 Å². The molecule has 0 aliphatic carbocycles. The number of thioether (sulfide) groups is 1. The molecule has 2 heterocycles. The van der Waals surface area contributed by atoms with Crippen LogP contribution in [0.25, 0.3) is 28.4 Å². The van der Waals surface area contributed by atoms with Gasteiger partial charge in [-0.3, -0.25) is 19.5 Å². The Morgan fingerprint density at radius 2 is 1.78 bits per heavy atom. The van der Waals surface area contributed by atoms with Crippen molar-refractivity contribution in [3.8, 4) is 28.4 Å². The summed E-state index contributed by atoms with van der Waals surface area (Å²) in [6, 6.07) is 24.9. The molecule has 0 spiro atoms. The number of carbonyl (C=O) groups is 1. The van der Waals surface area contributed by atoms with Crippen molar-refractivity contribution in [2.75, 3.05) is 5.75 Å². The molecule has 5 aromatic rings. The number of para-hydroxylation sites is 1. The molecule has 0 unspecified atom stereocenters. The average Bonchev–Trinajstić information content (AvgIpc) is 3.56. The molecule has 0 N–H and O–H groups in total. The lowest BCUT2D eigenvalue weighted by Gasteiger charge is -2.12. The number of aryl methyl sites for hydroxylation is 1.